The number of pyridine rings is 1. The van der Waals surface area contributed by atoms with Crippen molar-refractivity contribution in [1.82, 2.24) is 9.88 Å². The number of aromatic nitrogens is 1. The van der Waals surface area contributed by atoms with Crippen molar-refractivity contribution in [2.45, 2.75) is 45.3 Å². The quantitative estimate of drug-likeness (QED) is 0.545. The van der Waals surface area contributed by atoms with Gasteiger partial charge in [-0.2, -0.15) is 13.2 Å². The molecule has 0 saturated carbocycles. The largest absolute Gasteiger partial charge is 0.439 e. The van der Waals surface area contributed by atoms with E-state index in [2.05, 4.69) is 30.7 Å². The summed E-state index contributed by atoms with van der Waals surface area (Å²) < 4.78 is 58.4. The minimum atomic E-state index is -4.46. The van der Waals surface area contributed by atoms with Gasteiger partial charge in [0.1, 0.15) is 11.6 Å². The Bertz CT molecular complexity index is 873. The van der Waals surface area contributed by atoms with Gasteiger partial charge in [0.2, 0.25) is 5.88 Å². The van der Waals surface area contributed by atoms with Gasteiger partial charge in [-0.1, -0.05) is 12.1 Å². The molecule has 1 aromatic heterocycles. The summed E-state index contributed by atoms with van der Waals surface area (Å²) in [4.78, 5) is 6.02. The molecule has 0 spiro atoms. The van der Waals surface area contributed by atoms with Gasteiger partial charge in [0.15, 0.2) is 0 Å². The molecule has 0 amide bonds. The molecule has 0 N–H and O–H groups in total. The van der Waals surface area contributed by atoms with E-state index in [0.29, 0.717) is 30.4 Å². The summed E-state index contributed by atoms with van der Waals surface area (Å²) >= 11 is 0. The Kier molecular flexibility index (Phi) is 5.98. The number of nitrogens with zero attached hydrogens (tertiary/aromatic N) is 2. The molecule has 1 aliphatic rings. The molecule has 0 bridgehead atoms. The van der Waals surface area contributed by atoms with E-state index in [4.69, 9.17) is 4.74 Å². The number of piperidine rings is 1. The smallest absolute Gasteiger partial charge is 0.417 e. The molecule has 2 heterocycles. The number of ether oxygens (including phenoxy) is 1. The van der Waals surface area contributed by atoms with Crippen LogP contribution >= 0.6 is 0 Å². The molecule has 0 atom stereocenters. The normalized spacial score (nSPS) is 16.0. The van der Waals surface area contributed by atoms with E-state index in [1.165, 1.54) is 6.07 Å². The molecule has 3 rings (SSSR count). The van der Waals surface area contributed by atoms with Crippen LogP contribution in [-0.2, 0) is 6.18 Å². The molecular formula is C22H24F4N2O. The van der Waals surface area contributed by atoms with Crippen molar-refractivity contribution in [2.24, 2.45) is 0 Å². The fourth-order valence-corrected chi connectivity index (χ4v) is 3.30. The Morgan fingerprint density at radius 3 is 2.28 bits per heavy atom. The predicted molar refractivity (Wildman–Crippen MR) is 104 cm³/mol. The molecular weight excluding hydrogens is 384 g/mol. The summed E-state index contributed by atoms with van der Waals surface area (Å²) in [6.45, 7) is 8.05. The SMILES string of the molecule is CC(C)(C)N1CCC(=C(F)c2cccc(Oc3ccc(C(F)(F)F)cn3)c2)CC1. The predicted octanol–water partition coefficient (Wildman–Crippen LogP) is 6.47. The van der Waals surface area contributed by atoms with Crippen LogP contribution in [0.4, 0.5) is 17.6 Å². The zero-order valence-corrected chi connectivity index (χ0v) is 16.7. The highest BCUT2D eigenvalue weighted by molar-refractivity contribution is 5.64. The minimum Gasteiger partial charge on any atom is -0.439 e. The lowest BCUT2D eigenvalue weighted by Crippen LogP contribution is -2.44. The summed E-state index contributed by atoms with van der Waals surface area (Å²) in [5.74, 6) is 0.0729. The van der Waals surface area contributed by atoms with Crippen LogP contribution in [0.2, 0.25) is 0 Å². The second-order valence-electron chi connectivity index (χ2n) is 8.09. The first-order valence-electron chi connectivity index (χ1n) is 9.48. The fourth-order valence-electron chi connectivity index (χ4n) is 3.30. The number of benzene rings is 1. The Hall–Kier alpha value is -2.41. The summed E-state index contributed by atoms with van der Waals surface area (Å²) in [7, 11) is 0. The second kappa shape index (κ2) is 8.14. The lowest BCUT2D eigenvalue weighted by molar-refractivity contribution is -0.137. The van der Waals surface area contributed by atoms with E-state index >= 15 is 4.39 Å². The van der Waals surface area contributed by atoms with Crippen LogP contribution in [0.5, 0.6) is 11.6 Å². The standard InChI is InChI=1S/C22H24F4N2O/c1-21(2,3)28-11-9-15(10-12-28)20(23)16-5-4-6-18(13-16)29-19-8-7-17(14-27-19)22(24,25)26/h4-8,13-14H,9-12H2,1-3H3. The monoisotopic (exact) mass is 408 g/mol. The highest BCUT2D eigenvalue weighted by atomic mass is 19.4. The van der Waals surface area contributed by atoms with Crippen LogP contribution in [0, 0.1) is 0 Å². The molecule has 1 aromatic carbocycles. The van der Waals surface area contributed by atoms with Gasteiger partial charge >= 0.3 is 6.18 Å². The van der Waals surface area contributed by atoms with Crippen molar-refractivity contribution >= 4 is 5.83 Å². The molecule has 1 aliphatic heterocycles. The van der Waals surface area contributed by atoms with Crippen LogP contribution in [0.1, 0.15) is 44.7 Å². The first-order chi connectivity index (χ1) is 13.5. The number of hydrogen-bond donors (Lipinski definition) is 0. The van der Waals surface area contributed by atoms with Gasteiger partial charge in [-0.25, -0.2) is 9.37 Å². The lowest BCUT2D eigenvalue weighted by Gasteiger charge is -2.39. The van der Waals surface area contributed by atoms with Gasteiger partial charge in [0.25, 0.3) is 0 Å². The van der Waals surface area contributed by atoms with Crippen molar-refractivity contribution in [2.75, 3.05) is 13.1 Å². The number of rotatable bonds is 3. The fraction of sp³-hybridized carbons (Fsp3) is 0.409. The van der Waals surface area contributed by atoms with Crippen molar-refractivity contribution in [3.05, 3.63) is 59.3 Å². The topological polar surface area (TPSA) is 25.4 Å². The second-order valence-corrected chi connectivity index (χ2v) is 8.09. The Morgan fingerprint density at radius 1 is 1.03 bits per heavy atom. The van der Waals surface area contributed by atoms with E-state index < -0.39 is 11.7 Å². The van der Waals surface area contributed by atoms with Crippen LogP contribution < -0.4 is 4.74 Å². The first kappa shape index (κ1) is 21.3. The minimum absolute atomic E-state index is 0.0155. The number of hydrogen-bond acceptors (Lipinski definition) is 3. The van der Waals surface area contributed by atoms with E-state index in [1.54, 1.807) is 18.2 Å². The van der Waals surface area contributed by atoms with Crippen molar-refractivity contribution in [3.63, 3.8) is 0 Å². The third-order valence-corrected chi connectivity index (χ3v) is 5.00. The average molecular weight is 408 g/mol. The average Bonchev–Trinajstić information content (AvgIpc) is 2.67. The Balaban J connectivity index is 1.73. The number of likely N-dealkylation sites (tertiary alicyclic amines) is 1. The van der Waals surface area contributed by atoms with Crippen molar-refractivity contribution in [1.29, 1.82) is 0 Å². The van der Waals surface area contributed by atoms with E-state index in [-0.39, 0.29) is 17.2 Å². The molecule has 0 radical (unpaired) electrons. The molecule has 0 unspecified atom stereocenters. The van der Waals surface area contributed by atoms with Gasteiger partial charge in [-0.15, -0.1) is 0 Å². The maximum absolute atomic E-state index is 15.0. The zero-order chi connectivity index (χ0) is 21.2. The van der Waals surface area contributed by atoms with Crippen LogP contribution in [0.25, 0.3) is 5.83 Å². The summed E-state index contributed by atoms with van der Waals surface area (Å²) in [6.07, 6.45) is -2.42. The van der Waals surface area contributed by atoms with Gasteiger partial charge in [0.05, 0.1) is 5.56 Å². The first-order valence-corrected chi connectivity index (χ1v) is 9.48. The number of halogens is 4. The third kappa shape index (κ3) is 5.35. The highest BCUT2D eigenvalue weighted by Gasteiger charge is 2.30. The van der Waals surface area contributed by atoms with Gasteiger partial charge < -0.3 is 4.74 Å². The van der Waals surface area contributed by atoms with Gasteiger partial charge in [-0.05, 0) is 57.4 Å². The van der Waals surface area contributed by atoms with E-state index in [9.17, 15) is 13.2 Å². The molecule has 2 aromatic rings. The van der Waals surface area contributed by atoms with Crippen LogP contribution in [0.3, 0.4) is 0 Å². The van der Waals surface area contributed by atoms with Gasteiger partial charge in [0, 0.05) is 36.5 Å². The highest BCUT2D eigenvalue weighted by Crippen LogP contribution is 2.33. The third-order valence-electron chi connectivity index (χ3n) is 5.00. The summed E-state index contributed by atoms with van der Waals surface area (Å²) in [5.41, 5.74) is 0.379. The molecule has 1 fully saturated rings. The molecule has 156 valence electrons. The number of alkyl halides is 3. The Labute approximate surface area is 168 Å². The van der Waals surface area contributed by atoms with Crippen molar-refractivity contribution in [3.8, 4) is 11.6 Å². The lowest BCUT2D eigenvalue weighted by atomic mass is 9.95. The molecule has 7 heteroatoms. The van der Waals surface area contributed by atoms with E-state index in [0.717, 1.165) is 30.8 Å². The summed E-state index contributed by atoms with van der Waals surface area (Å²) in [6, 6.07) is 8.51. The van der Waals surface area contributed by atoms with Gasteiger partial charge in [-0.3, -0.25) is 4.90 Å². The van der Waals surface area contributed by atoms with Crippen LogP contribution in [-0.4, -0.2) is 28.5 Å². The molecule has 0 aliphatic carbocycles. The maximum atomic E-state index is 15.0. The molecule has 3 nitrogen and oxygen atoms in total. The Morgan fingerprint density at radius 2 is 1.72 bits per heavy atom. The molecule has 29 heavy (non-hydrogen) atoms. The maximum Gasteiger partial charge on any atom is 0.417 e. The van der Waals surface area contributed by atoms with E-state index in [1.807, 2.05) is 0 Å². The van der Waals surface area contributed by atoms with Crippen molar-refractivity contribution < 1.29 is 22.3 Å². The summed E-state index contributed by atoms with van der Waals surface area (Å²) in [5, 5.41) is 0. The zero-order valence-electron chi connectivity index (χ0n) is 16.7. The van der Waals surface area contributed by atoms with Crippen LogP contribution in [0.15, 0.2) is 48.2 Å². The molecule has 1 saturated heterocycles.